The van der Waals surface area contributed by atoms with Crippen LogP contribution in [0.15, 0.2) is 83.8 Å². The molecule has 0 saturated heterocycles. The summed E-state index contributed by atoms with van der Waals surface area (Å²) in [5, 5.41) is 12.9. The van der Waals surface area contributed by atoms with Gasteiger partial charge < -0.3 is 10.4 Å². The van der Waals surface area contributed by atoms with Crippen LogP contribution in [0.25, 0.3) is 0 Å². The average Bonchev–Trinajstić information content (AvgIpc) is 2.77. The van der Waals surface area contributed by atoms with Crippen LogP contribution in [0.1, 0.15) is 22.8 Å². The molecule has 3 aromatic carbocycles. The van der Waals surface area contributed by atoms with E-state index in [0.717, 1.165) is 15.4 Å². The summed E-state index contributed by atoms with van der Waals surface area (Å²) in [6.07, 6.45) is -0.883. The summed E-state index contributed by atoms with van der Waals surface area (Å²) in [4.78, 5) is 12.7. The average molecular weight is 439 g/mol. The summed E-state index contributed by atoms with van der Waals surface area (Å²) >= 11 is 0. The first-order valence-corrected chi connectivity index (χ1v) is 11.4. The van der Waals surface area contributed by atoms with Crippen LogP contribution < -0.4 is 9.62 Å². The van der Waals surface area contributed by atoms with E-state index in [1.165, 1.54) is 12.1 Å². The lowest BCUT2D eigenvalue weighted by Gasteiger charge is -2.24. The molecule has 0 aliphatic carbocycles. The van der Waals surface area contributed by atoms with Gasteiger partial charge >= 0.3 is 0 Å². The second-order valence-corrected chi connectivity index (χ2v) is 9.25. The lowest BCUT2D eigenvalue weighted by molar-refractivity contribution is -0.120. The molecule has 0 heterocycles. The maximum atomic E-state index is 13.3. The third-order valence-electron chi connectivity index (χ3n) is 4.90. The molecule has 0 aliphatic heterocycles. The molecule has 3 aromatic rings. The van der Waals surface area contributed by atoms with E-state index in [4.69, 9.17) is 0 Å². The molecule has 0 spiro atoms. The number of aryl methyl sites for hydroxylation is 2. The minimum absolute atomic E-state index is 0.0187. The molecule has 1 atom stereocenters. The molecule has 0 radical (unpaired) electrons. The van der Waals surface area contributed by atoms with Crippen LogP contribution in [0.3, 0.4) is 0 Å². The molecule has 6 nitrogen and oxygen atoms in total. The van der Waals surface area contributed by atoms with Crippen molar-refractivity contribution in [2.75, 3.05) is 17.4 Å². The summed E-state index contributed by atoms with van der Waals surface area (Å²) in [6.45, 7) is 3.36. The fourth-order valence-corrected chi connectivity index (χ4v) is 4.47. The largest absolute Gasteiger partial charge is 0.387 e. The highest BCUT2D eigenvalue weighted by molar-refractivity contribution is 7.92. The van der Waals surface area contributed by atoms with E-state index in [1.54, 1.807) is 60.7 Å². The normalized spacial score (nSPS) is 12.2. The Morgan fingerprint density at radius 3 is 2.03 bits per heavy atom. The lowest BCUT2D eigenvalue weighted by Crippen LogP contribution is -2.42. The van der Waals surface area contributed by atoms with Crippen molar-refractivity contribution < 1.29 is 18.3 Å². The number of amides is 1. The molecule has 7 heteroatoms. The Bertz CT molecular complexity index is 1110. The Hall–Kier alpha value is -3.16. The number of anilines is 1. The number of carbonyl (C=O) groups is 1. The second kappa shape index (κ2) is 9.76. The first kappa shape index (κ1) is 22.5. The van der Waals surface area contributed by atoms with Gasteiger partial charge in [0.2, 0.25) is 5.91 Å². The molecule has 162 valence electrons. The zero-order valence-electron chi connectivity index (χ0n) is 17.5. The van der Waals surface area contributed by atoms with Crippen molar-refractivity contribution in [3.63, 3.8) is 0 Å². The van der Waals surface area contributed by atoms with E-state index in [2.05, 4.69) is 5.32 Å². The predicted octanol–water partition coefficient (Wildman–Crippen LogP) is 3.35. The number of nitrogens with one attached hydrogen (secondary N) is 1. The monoisotopic (exact) mass is 438 g/mol. The molecule has 0 saturated carbocycles. The Kier molecular flexibility index (Phi) is 7.09. The lowest BCUT2D eigenvalue weighted by atomic mass is 10.1. The van der Waals surface area contributed by atoms with Crippen molar-refractivity contribution in [1.29, 1.82) is 0 Å². The first-order chi connectivity index (χ1) is 14.8. The van der Waals surface area contributed by atoms with Gasteiger partial charge in [-0.2, -0.15) is 0 Å². The van der Waals surface area contributed by atoms with E-state index in [-0.39, 0.29) is 11.4 Å². The van der Waals surface area contributed by atoms with Gasteiger partial charge in [-0.15, -0.1) is 0 Å². The van der Waals surface area contributed by atoms with E-state index in [0.29, 0.717) is 11.3 Å². The summed E-state index contributed by atoms with van der Waals surface area (Å²) in [7, 11) is -3.96. The maximum absolute atomic E-state index is 13.3. The van der Waals surface area contributed by atoms with Crippen molar-refractivity contribution in [3.8, 4) is 0 Å². The van der Waals surface area contributed by atoms with Crippen LogP contribution in [0.4, 0.5) is 5.69 Å². The molecular formula is C24H26N2O4S. The number of rotatable bonds is 8. The molecule has 0 aromatic heterocycles. The summed E-state index contributed by atoms with van der Waals surface area (Å²) in [6, 6.07) is 22.4. The highest BCUT2D eigenvalue weighted by Gasteiger charge is 2.27. The maximum Gasteiger partial charge on any atom is 0.264 e. The molecule has 0 unspecified atom stereocenters. The third kappa shape index (κ3) is 5.71. The van der Waals surface area contributed by atoms with Crippen LogP contribution in [-0.2, 0) is 14.8 Å². The van der Waals surface area contributed by atoms with E-state index >= 15 is 0 Å². The van der Waals surface area contributed by atoms with E-state index in [9.17, 15) is 18.3 Å². The minimum Gasteiger partial charge on any atom is -0.387 e. The Morgan fingerprint density at radius 1 is 0.903 bits per heavy atom. The molecule has 31 heavy (non-hydrogen) atoms. The van der Waals surface area contributed by atoms with Gasteiger partial charge in [-0.1, -0.05) is 65.7 Å². The number of benzene rings is 3. The van der Waals surface area contributed by atoms with Gasteiger partial charge in [0.25, 0.3) is 10.0 Å². The van der Waals surface area contributed by atoms with Gasteiger partial charge in [-0.3, -0.25) is 9.10 Å². The van der Waals surface area contributed by atoms with Crippen molar-refractivity contribution in [1.82, 2.24) is 5.32 Å². The summed E-state index contributed by atoms with van der Waals surface area (Å²) in [5.41, 5.74) is 2.98. The first-order valence-electron chi connectivity index (χ1n) is 9.93. The summed E-state index contributed by atoms with van der Waals surface area (Å²) in [5.74, 6) is -0.508. The van der Waals surface area contributed by atoms with Crippen LogP contribution in [0, 0.1) is 13.8 Å². The zero-order valence-corrected chi connectivity index (χ0v) is 18.3. The highest BCUT2D eigenvalue weighted by Crippen LogP contribution is 2.24. The molecule has 3 rings (SSSR count). The Balaban J connectivity index is 1.80. The molecule has 0 aliphatic rings. The van der Waals surface area contributed by atoms with Crippen molar-refractivity contribution in [2.24, 2.45) is 0 Å². The predicted molar refractivity (Wildman–Crippen MR) is 121 cm³/mol. The van der Waals surface area contributed by atoms with Gasteiger partial charge in [0, 0.05) is 6.54 Å². The zero-order chi connectivity index (χ0) is 22.4. The molecule has 1 amide bonds. The quantitative estimate of drug-likeness (QED) is 0.565. The highest BCUT2D eigenvalue weighted by atomic mass is 32.2. The van der Waals surface area contributed by atoms with Crippen LogP contribution >= 0.6 is 0 Å². The van der Waals surface area contributed by atoms with E-state index in [1.807, 2.05) is 19.9 Å². The van der Waals surface area contributed by atoms with Gasteiger partial charge in [0.1, 0.15) is 6.54 Å². The molecule has 0 fully saturated rings. The fourth-order valence-electron chi connectivity index (χ4n) is 3.05. The van der Waals surface area contributed by atoms with Crippen molar-refractivity contribution in [3.05, 3.63) is 95.6 Å². The van der Waals surface area contributed by atoms with Crippen LogP contribution in [0.5, 0.6) is 0 Å². The Morgan fingerprint density at radius 2 is 1.45 bits per heavy atom. The van der Waals surface area contributed by atoms with Gasteiger partial charge in [0.05, 0.1) is 16.7 Å². The number of hydrogen-bond donors (Lipinski definition) is 2. The number of carbonyl (C=O) groups excluding carboxylic acids is 1. The number of aliphatic hydroxyl groups excluding tert-OH is 1. The number of sulfonamides is 1. The standard InChI is InChI=1S/C24H26N2O4S/c1-18-8-12-21(13-9-18)26(31(29,30)22-14-10-19(2)11-15-22)17-24(28)25-16-23(27)20-6-4-3-5-7-20/h3-15,23,27H,16-17H2,1-2H3,(H,25,28)/t23-/m1/s1. The smallest absolute Gasteiger partial charge is 0.264 e. The van der Waals surface area contributed by atoms with Crippen molar-refractivity contribution >= 4 is 21.6 Å². The van der Waals surface area contributed by atoms with Crippen molar-refractivity contribution in [2.45, 2.75) is 24.8 Å². The molecule has 0 bridgehead atoms. The van der Waals surface area contributed by atoms with Crippen LogP contribution in [0.2, 0.25) is 0 Å². The third-order valence-corrected chi connectivity index (χ3v) is 6.68. The minimum atomic E-state index is -3.96. The molecular weight excluding hydrogens is 412 g/mol. The molecule has 2 N–H and O–H groups in total. The van der Waals surface area contributed by atoms with E-state index < -0.39 is 28.6 Å². The topological polar surface area (TPSA) is 86.7 Å². The summed E-state index contributed by atoms with van der Waals surface area (Å²) < 4.78 is 27.7. The fraction of sp³-hybridized carbons (Fsp3) is 0.208. The van der Waals surface area contributed by atoms with Gasteiger partial charge in [0.15, 0.2) is 0 Å². The van der Waals surface area contributed by atoms with Gasteiger partial charge in [-0.05, 0) is 43.7 Å². The SMILES string of the molecule is Cc1ccc(N(CC(=O)NC[C@@H](O)c2ccccc2)S(=O)(=O)c2ccc(C)cc2)cc1. The van der Waals surface area contributed by atoms with Crippen LogP contribution in [-0.4, -0.2) is 32.5 Å². The number of nitrogens with zero attached hydrogens (tertiary/aromatic N) is 1. The van der Waals surface area contributed by atoms with Gasteiger partial charge in [-0.25, -0.2) is 8.42 Å². The Labute approximate surface area is 183 Å². The second-order valence-electron chi connectivity index (χ2n) is 7.39. The number of hydrogen-bond acceptors (Lipinski definition) is 4. The number of aliphatic hydroxyl groups is 1.